The molecule has 0 aliphatic heterocycles. The van der Waals surface area contributed by atoms with Crippen LogP contribution in [0, 0.1) is 0 Å². The Kier molecular flexibility index (Phi) is 8.99. The van der Waals surface area contributed by atoms with Crippen molar-refractivity contribution in [3.63, 3.8) is 0 Å². The molecule has 0 fully saturated rings. The molecule has 0 aliphatic rings. The van der Waals surface area contributed by atoms with Crippen molar-refractivity contribution in [2.75, 3.05) is 10.6 Å². The smallest absolute Gasteiger partial charge is 0.324 e. The quantitative estimate of drug-likeness (QED) is 0.285. The molecule has 11 heteroatoms. The van der Waals surface area contributed by atoms with E-state index < -0.39 is 28.8 Å². The van der Waals surface area contributed by atoms with Crippen LogP contribution in [-0.2, 0) is 11.0 Å². The highest BCUT2D eigenvalue weighted by molar-refractivity contribution is 8.00. The number of rotatable bonds is 7. The lowest BCUT2D eigenvalue weighted by Crippen LogP contribution is -2.25. The summed E-state index contributed by atoms with van der Waals surface area (Å²) >= 11 is 19.2. The van der Waals surface area contributed by atoms with Gasteiger partial charge in [0.05, 0.1) is 32.1 Å². The van der Waals surface area contributed by atoms with Crippen LogP contribution in [0.15, 0.2) is 65.6 Å². The van der Waals surface area contributed by atoms with Crippen molar-refractivity contribution in [1.82, 2.24) is 0 Å². The molecule has 0 radical (unpaired) electrons. The van der Waals surface area contributed by atoms with E-state index in [1.807, 2.05) is 0 Å². The SMILES string of the molecule is CCC(Sc1cccc(NC(=O)c2ccc(Cl)cc2Cl)c1)C(=O)Nc1cc(C(F)(F)F)ccc1Cl. The zero-order valence-electron chi connectivity index (χ0n) is 18.1. The molecule has 1 atom stereocenters. The summed E-state index contributed by atoms with van der Waals surface area (Å²) in [4.78, 5) is 26.1. The second-order valence-corrected chi connectivity index (χ2v) is 9.83. The average Bonchev–Trinajstić information content (AvgIpc) is 2.78. The first-order valence-electron chi connectivity index (χ1n) is 10.2. The third kappa shape index (κ3) is 7.30. The van der Waals surface area contributed by atoms with Crippen LogP contribution in [0.5, 0.6) is 0 Å². The second kappa shape index (κ2) is 11.6. The van der Waals surface area contributed by atoms with E-state index in [0.717, 1.165) is 18.2 Å². The minimum Gasteiger partial charge on any atom is -0.324 e. The van der Waals surface area contributed by atoms with Gasteiger partial charge in [-0.15, -0.1) is 11.8 Å². The normalized spacial score (nSPS) is 12.2. The number of benzene rings is 3. The lowest BCUT2D eigenvalue weighted by Gasteiger charge is -2.17. The second-order valence-electron chi connectivity index (χ2n) is 7.30. The number of alkyl halides is 3. The van der Waals surface area contributed by atoms with Gasteiger partial charge in [0.25, 0.3) is 5.91 Å². The summed E-state index contributed by atoms with van der Waals surface area (Å²) in [6, 6.07) is 14.1. The molecular formula is C24H18Cl3F3N2O2S. The Labute approximate surface area is 219 Å². The first-order valence-corrected chi connectivity index (χ1v) is 12.2. The number of nitrogens with one attached hydrogen (secondary N) is 2. The van der Waals surface area contributed by atoms with Gasteiger partial charge in [0.2, 0.25) is 5.91 Å². The molecule has 0 bridgehead atoms. The molecule has 4 nitrogen and oxygen atoms in total. The van der Waals surface area contributed by atoms with Crippen molar-refractivity contribution >= 4 is 69.8 Å². The van der Waals surface area contributed by atoms with E-state index in [-0.39, 0.29) is 21.3 Å². The standard InChI is InChI=1S/C24H18Cl3F3N2O2S/c1-2-21(23(34)32-20-10-13(24(28,29)30)6-9-18(20)26)35-16-5-3-4-15(12-16)31-22(33)17-8-7-14(25)11-19(17)27/h3-12,21H,2H2,1H3,(H,31,33)(H,32,34). The van der Waals surface area contributed by atoms with E-state index in [1.54, 1.807) is 37.3 Å². The van der Waals surface area contributed by atoms with Crippen molar-refractivity contribution < 1.29 is 22.8 Å². The molecule has 2 amide bonds. The Balaban J connectivity index is 1.72. The lowest BCUT2D eigenvalue weighted by molar-refractivity contribution is -0.137. The summed E-state index contributed by atoms with van der Waals surface area (Å²) in [6.45, 7) is 1.78. The van der Waals surface area contributed by atoms with Crippen molar-refractivity contribution in [3.8, 4) is 0 Å². The number of hydrogen-bond acceptors (Lipinski definition) is 3. The molecule has 35 heavy (non-hydrogen) atoms. The summed E-state index contributed by atoms with van der Waals surface area (Å²) in [5.74, 6) is -0.932. The fraction of sp³-hybridized carbons (Fsp3) is 0.167. The largest absolute Gasteiger partial charge is 0.416 e. The molecule has 0 aromatic heterocycles. The van der Waals surface area contributed by atoms with Gasteiger partial charge in [-0.25, -0.2) is 0 Å². The topological polar surface area (TPSA) is 58.2 Å². The predicted molar refractivity (Wildman–Crippen MR) is 136 cm³/mol. The van der Waals surface area contributed by atoms with Gasteiger partial charge in [0.15, 0.2) is 0 Å². The van der Waals surface area contributed by atoms with Gasteiger partial charge in [-0.1, -0.05) is 47.8 Å². The Hall–Kier alpha value is -2.39. The van der Waals surface area contributed by atoms with Crippen molar-refractivity contribution in [2.24, 2.45) is 0 Å². The van der Waals surface area contributed by atoms with Crippen LogP contribution in [0.3, 0.4) is 0 Å². The molecule has 3 rings (SSSR count). The zero-order valence-corrected chi connectivity index (χ0v) is 21.1. The fourth-order valence-electron chi connectivity index (χ4n) is 3.02. The van der Waals surface area contributed by atoms with Crippen molar-refractivity contribution in [1.29, 1.82) is 0 Å². The van der Waals surface area contributed by atoms with Crippen LogP contribution in [0.4, 0.5) is 24.5 Å². The van der Waals surface area contributed by atoms with Crippen LogP contribution < -0.4 is 10.6 Å². The molecule has 0 aliphatic carbocycles. The minimum atomic E-state index is -4.57. The highest BCUT2D eigenvalue weighted by Crippen LogP contribution is 2.35. The van der Waals surface area contributed by atoms with E-state index in [4.69, 9.17) is 34.8 Å². The molecular weight excluding hydrogens is 544 g/mol. The van der Waals surface area contributed by atoms with Gasteiger partial charge < -0.3 is 10.6 Å². The predicted octanol–water partition coefficient (Wildman–Crippen LogP) is 8.43. The number of carbonyl (C=O) groups excluding carboxylic acids is 2. The summed E-state index contributed by atoms with van der Waals surface area (Å²) in [5, 5.41) is 5.21. The van der Waals surface area contributed by atoms with Crippen LogP contribution >= 0.6 is 46.6 Å². The molecule has 184 valence electrons. The summed E-state index contributed by atoms with van der Waals surface area (Å²) < 4.78 is 39.1. The van der Waals surface area contributed by atoms with E-state index in [2.05, 4.69) is 10.6 Å². The molecule has 0 heterocycles. The summed E-state index contributed by atoms with van der Waals surface area (Å²) in [6.07, 6.45) is -4.17. The van der Waals surface area contributed by atoms with E-state index >= 15 is 0 Å². The maximum atomic E-state index is 13.0. The first-order chi connectivity index (χ1) is 16.5. The highest BCUT2D eigenvalue weighted by atomic mass is 35.5. The van der Waals surface area contributed by atoms with Gasteiger partial charge in [-0.2, -0.15) is 13.2 Å². The number of anilines is 2. The molecule has 3 aromatic rings. The Morgan fingerprint density at radius 1 is 0.943 bits per heavy atom. The van der Waals surface area contributed by atoms with Gasteiger partial charge >= 0.3 is 6.18 Å². The summed E-state index contributed by atoms with van der Waals surface area (Å²) in [5.41, 5.74) is -0.311. The maximum absolute atomic E-state index is 13.0. The Bertz CT molecular complexity index is 1250. The first kappa shape index (κ1) is 27.2. The maximum Gasteiger partial charge on any atom is 0.416 e. The van der Waals surface area contributed by atoms with Crippen molar-refractivity contribution in [3.05, 3.63) is 86.9 Å². The van der Waals surface area contributed by atoms with E-state index in [0.29, 0.717) is 22.0 Å². The Morgan fingerprint density at radius 3 is 2.34 bits per heavy atom. The van der Waals surface area contributed by atoms with Crippen LogP contribution in [-0.4, -0.2) is 17.1 Å². The Morgan fingerprint density at radius 2 is 1.69 bits per heavy atom. The van der Waals surface area contributed by atoms with Gasteiger partial charge in [0.1, 0.15) is 0 Å². The summed E-state index contributed by atoms with van der Waals surface area (Å²) in [7, 11) is 0. The van der Waals surface area contributed by atoms with E-state index in [1.165, 1.54) is 23.9 Å². The monoisotopic (exact) mass is 560 g/mol. The van der Waals surface area contributed by atoms with Crippen LogP contribution in [0.25, 0.3) is 0 Å². The third-order valence-electron chi connectivity index (χ3n) is 4.76. The number of amides is 2. The lowest BCUT2D eigenvalue weighted by atomic mass is 10.2. The molecule has 0 saturated heterocycles. The average molecular weight is 562 g/mol. The molecule has 3 aromatic carbocycles. The highest BCUT2D eigenvalue weighted by Gasteiger charge is 2.31. The number of hydrogen-bond donors (Lipinski definition) is 2. The molecule has 0 saturated carbocycles. The van der Waals surface area contributed by atoms with Gasteiger partial charge in [-0.05, 0) is 61.0 Å². The number of halogens is 6. The van der Waals surface area contributed by atoms with Gasteiger partial charge in [-0.3, -0.25) is 9.59 Å². The van der Waals surface area contributed by atoms with Crippen LogP contribution in [0.1, 0.15) is 29.3 Å². The molecule has 1 unspecified atom stereocenters. The third-order valence-corrected chi connectivity index (χ3v) is 7.00. The van der Waals surface area contributed by atoms with E-state index in [9.17, 15) is 22.8 Å². The van der Waals surface area contributed by atoms with Crippen molar-refractivity contribution in [2.45, 2.75) is 29.7 Å². The van der Waals surface area contributed by atoms with Crippen LogP contribution in [0.2, 0.25) is 15.1 Å². The minimum absolute atomic E-state index is 0.00299. The molecule has 0 spiro atoms. The number of thioether (sulfide) groups is 1. The van der Waals surface area contributed by atoms with Gasteiger partial charge in [0, 0.05) is 15.6 Å². The molecule has 2 N–H and O–H groups in total. The fourth-order valence-corrected chi connectivity index (χ4v) is 4.69. The number of carbonyl (C=O) groups is 2. The zero-order chi connectivity index (χ0) is 25.8.